The molecule has 0 bridgehead atoms. The Balaban J connectivity index is 1.47. The molecule has 156 valence electrons. The topological polar surface area (TPSA) is 64.2 Å². The van der Waals surface area contributed by atoms with Gasteiger partial charge in [-0.1, -0.05) is 35.5 Å². The predicted molar refractivity (Wildman–Crippen MR) is 108 cm³/mol. The summed E-state index contributed by atoms with van der Waals surface area (Å²) in [6.07, 6.45) is 3.73. The summed E-state index contributed by atoms with van der Waals surface area (Å²) in [7, 11) is 1.85. The molecule has 6 nitrogen and oxygen atoms in total. The maximum atomic E-state index is 14.1. The van der Waals surface area contributed by atoms with Gasteiger partial charge in [0.1, 0.15) is 17.3 Å². The molecule has 0 N–H and O–H groups in total. The molecular weight excluding hydrogens is 402 g/mol. The lowest BCUT2D eigenvalue weighted by Crippen LogP contribution is -2.38. The molecular formula is C23H18F2N4O2. The Kier molecular flexibility index (Phi) is 4.62. The van der Waals surface area contributed by atoms with Gasteiger partial charge in [0.25, 0.3) is 5.91 Å². The van der Waals surface area contributed by atoms with E-state index in [9.17, 15) is 13.6 Å². The number of nitrogens with zero attached hydrogens (tertiary/aromatic N) is 4. The Bertz CT molecular complexity index is 1260. The number of hydrogen-bond donors (Lipinski definition) is 0. The molecule has 0 aliphatic carbocycles. The lowest BCUT2D eigenvalue weighted by Gasteiger charge is -2.33. The zero-order chi connectivity index (χ0) is 21.5. The molecule has 1 amide bonds. The molecule has 2 aromatic carbocycles. The Hall–Kier alpha value is -3.81. The average Bonchev–Trinajstić information content (AvgIpc) is 3.42. The van der Waals surface area contributed by atoms with Crippen LogP contribution in [0.1, 0.15) is 33.2 Å². The van der Waals surface area contributed by atoms with Crippen LogP contribution in [0.3, 0.4) is 0 Å². The van der Waals surface area contributed by atoms with Crippen LogP contribution in [0.4, 0.5) is 8.78 Å². The quantitative estimate of drug-likeness (QED) is 0.500. The summed E-state index contributed by atoms with van der Waals surface area (Å²) in [5, 5.41) is 7.99. The SMILES string of the molecule is Cn1cc(C2CN(C(=O)c3cc(-c4c(F)cccc4F)no3)Cc3ccccc32)cn1. The third kappa shape index (κ3) is 3.39. The van der Waals surface area contributed by atoms with Gasteiger partial charge in [0.05, 0.1) is 11.8 Å². The Morgan fingerprint density at radius 2 is 1.90 bits per heavy atom. The lowest BCUT2D eigenvalue weighted by molar-refractivity contribution is 0.0683. The van der Waals surface area contributed by atoms with Gasteiger partial charge in [-0.05, 0) is 28.8 Å². The van der Waals surface area contributed by atoms with Crippen molar-refractivity contribution in [1.29, 1.82) is 0 Å². The Morgan fingerprint density at radius 1 is 1.13 bits per heavy atom. The molecule has 0 saturated heterocycles. The number of halogens is 2. The fourth-order valence-electron chi connectivity index (χ4n) is 4.06. The van der Waals surface area contributed by atoms with Crippen molar-refractivity contribution in [3.63, 3.8) is 0 Å². The molecule has 1 atom stereocenters. The smallest absolute Gasteiger partial charge is 0.292 e. The van der Waals surface area contributed by atoms with Crippen molar-refractivity contribution in [2.45, 2.75) is 12.5 Å². The number of carbonyl (C=O) groups excluding carboxylic acids is 1. The largest absolute Gasteiger partial charge is 0.350 e. The highest BCUT2D eigenvalue weighted by molar-refractivity contribution is 5.92. The van der Waals surface area contributed by atoms with Crippen LogP contribution in [0.5, 0.6) is 0 Å². The van der Waals surface area contributed by atoms with E-state index in [1.807, 2.05) is 31.4 Å². The van der Waals surface area contributed by atoms with Crippen molar-refractivity contribution in [1.82, 2.24) is 19.8 Å². The number of carbonyl (C=O) groups is 1. The molecule has 1 unspecified atom stereocenters. The Morgan fingerprint density at radius 3 is 2.65 bits per heavy atom. The van der Waals surface area contributed by atoms with E-state index in [1.165, 1.54) is 12.1 Å². The van der Waals surface area contributed by atoms with Crippen LogP contribution in [0.15, 0.2) is 65.4 Å². The first-order valence-electron chi connectivity index (χ1n) is 9.78. The summed E-state index contributed by atoms with van der Waals surface area (Å²) in [5.41, 5.74) is 2.80. The minimum Gasteiger partial charge on any atom is -0.350 e. The van der Waals surface area contributed by atoms with Crippen LogP contribution in [0.2, 0.25) is 0 Å². The van der Waals surface area contributed by atoms with Crippen LogP contribution in [-0.2, 0) is 13.6 Å². The van der Waals surface area contributed by atoms with Crippen molar-refractivity contribution >= 4 is 5.91 Å². The van der Waals surface area contributed by atoms with E-state index >= 15 is 0 Å². The van der Waals surface area contributed by atoms with Crippen LogP contribution in [0.25, 0.3) is 11.3 Å². The molecule has 0 fully saturated rings. The average molecular weight is 420 g/mol. The normalized spacial score (nSPS) is 15.7. The molecule has 0 saturated carbocycles. The van der Waals surface area contributed by atoms with Crippen molar-refractivity contribution in [2.75, 3.05) is 6.54 Å². The number of hydrogen-bond acceptors (Lipinski definition) is 4. The van der Waals surface area contributed by atoms with E-state index in [4.69, 9.17) is 4.52 Å². The van der Waals surface area contributed by atoms with E-state index in [2.05, 4.69) is 16.3 Å². The molecule has 8 heteroatoms. The lowest BCUT2D eigenvalue weighted by atomic mass is 9.86. The summed E-state index contributed by atoms with van der Waals surface area (Å²) < 4.78 is 35.1. The fraction of sp³-hybridized carbons (Fsp3) is 0.174. The van der Waals surface area contributed by atoms with E-state index < -0.39 is 11.6 Å². The second kappa shape index (κ2) is 7.46. The van der Waals surface area contributed by atoms with Gasteiger partial charge in [-0.25, -0.2) is 8.78 Å². The minimum absolute atomic E-state index is 0.0472. The highest BCUT2D eigenvalue weighted by atomic mass is 19.1. The van der Waals surface area contributed by atoms with E-state index in [1.54, 1.807) is 15.8 Å². The zero-order valence-electron chi connectivity index (χ0n) is 16.6. The van der Waals surface area contributed by atoms with Gasteiger partial charge in [0.15, 0.2) is 0 Å². The highest BCUT2D eigenvalue weighted by Gasteiger charge is 2.32. The van der Waals surface area contributed by atoms with E-state index in [0.717, 1.165) is 28.8 Å². The van der Waals surface area contributed by atoms with E-state index in [-0.39, 0.29) is 28.8 Å². The van der Waals surface area contributed by atoms with Crippen molar-refractivity contribution in [3.05, 3.63) is 95.0 Å². The molecule has 2 aromatic heterocycles. The molecule has 31 heavy (non-hydrogen) atoms. The number of fused-ring (bicyclic) bond motifs is 1. The highest BCUT2D eigenvalue weighted by Crippen LogP contribution is 2.34. The molecule has 4 aromatic rings. The standard InChI is InChI=1S/C23H18F2N4O2/c1-28-11-15(10-26-28)17-13-29(12-14-5-2-3-6-16(14)17)23(30)21-9-20(27-31-21)22-18(24)7-4-8-19(22)25/h2-11,17H,12-13H2,1H3. The van der Waals surface area contributed by atoms with Gasteiger partial charge < -0.3 is 9.42 Å². The van der Waals surface area contributed by atoms with Crippen LogP contribution < -0.4 is 0 Å². The first kappa shape index (κ1) is 19.2. The third-order valence-corrected chi connectivity index (χ3v) is 5.55. The molecule has 5 rings (SSSR count). The van der Waals surface area contributed by atoms with E-state index in [0.29, 0.717) is 13.1 Å². The van der Waals surface area contributed by atoms with Crippen LogP contribution >= 0.6 is 0 Å². The van der Waals surface area contributed by atoms with Crippen molar-refractivity contribution < 1.29 is 18.1 Å². The number of amides is 1. The predicted octanol–water partition coefficient (Wildman–Crippen LogP) is 4.14. The summed E-state index contributed by atoms with van der Waals surface area (Å²) in [6, 6.07) is 12.8. The van der Waals surface area contributed by atoms with Gasteiger partial charge in [-0.3, -0.25) is 9.48 Å². The third-order valence-electron chi connectivity index (χ3n) is 5.55. The molecule has 0 spiro atoms. The molecule has 1 aliphatic heterocycles. The van der Waals surface area contributed by atoms with Gasteiger partial charge in [-0.2, -0.15) is 5.10 Å². The first-order valence-corrected chi connectivity index (χ1v) is 9.78. The first-order chi connectivity index (χ1) is 15.0. The molecule has 0 radical (unpaired) electrons. The Labute approximate surface area is 176 Å². The van der Waals surface area contributed by atoms with Crippen molar-refractivity contribution in [3.8, 4) is 11.3 Å². The molecule has 1 aliphatic rings. The zero-order valence-corrected chi connectivity index (χ0v) is 16.6. The van der Waals surface area contributed by atoms with Gasteiger partial charge in [0.2, 0.25) is 5.76 Å². The van der Waals surface area contributed by atoms with Crippen LogP contribution in [0, 0.1) is 11.6 Å². The number of aryl methyl sites for hydroxylation is 1. The summed E-state index contributed by atoms with van der Waals surface area (Å²) >= 11 is 0. The molecule has 3 heterocycles. The number of rotatable bonds is 3. The second-order valence-electron chi connectivity index (χ2n) is 7.56. The monoisotopic (exact) mass is 420 g/mol. The van der Waals surface area contributed by atoms with Crippen LogP contribution in [-0.4, -0.2) is 32.3 Å². The van der Waals surface area contributed by atoms with Gasteiger partial charge in [-0.15, -0.1) is 0 Å². The second-order valence-corrected chi connectivity index (χ2v) is 7.56. The van der Waals surface area contributed by atoms with Crippen molar-refractivity contribution in [2.24, 2.45) is 7.05 Å². The van der Waals surface area contributed by atoms with Gasteiger partial charge >= 0.3 is 0 Å². The maximum absolute atomic E-state index is 14.1. The summed E-state index contributed by atoms with van der Waals surface area (Å²) in [6.45, 7) is 0.821. The van der Waals surface area contributed by atoms with Gasteiger partial charge in [0, 0.05) is 38.3 Å². The number of aromatic nitrogens is 3. The summed E-state index contributed by atoms with van der Waals surface area (Å²) in [5.74, 6) is -2.04. The summed E-state index contributed by atoms with van der Waals surface area (Å²) in [4.78, 5) is 14.8. The maximum Gasteiger partial charge on any atom is 0.292 e. The number of benzene rings is 2. The minimum atomic E-state index is -0.768. The fourth-order valence-corrected chi connectivity index (χ4v) is 4.06.